The molecule has 0 aromatic heterocycles. The molecule has 0 radical (unpaired) electrons. The third kappa shape index (κ3) is 3.92. The van der Waals surface area contributed by atoms with Gasteiger partial charge in [-0.15, -0.1) is 0 Å². The van der Waals surface area contributed by atoms with Crippen LogP contribution in [0.2, 0.25) is 0 Å². The Bertz CT molecular complexity index is 442. The molecule has 1 fully saturated rings. The molecule has 0 saturated heterocycles. The number of aliphatic hydroxyl groups excluding tert-OH is 1. The van der Waals surface area contributed by atoms with Gasteiger partial charge in [-0.1, -0.05) is 25.3 Å². The Kier molecular flexibility index (Phi) is 5.21. The lowest BCUT2D eigenvalue weighted by atomic mass is 9.74. The van der Waals surface area contributed by atoms with Gasteiger partial charge in [0.2, 0.25) is 0 Å². The number of aliphatic hydroxyl groups is 1. The standard InChI is InChI=1S/C15H20INO2/c16-13-6-4-5-12(9-13)14(19)17-10-15(11-18)7-2-1-3-8-15/h4-6,9,18H,1-3,7-8,10-11H2,(H,17,19). The number of rotatable bonds is 4. The zero-order valence-corrected chi connectivity index (χ0v) is 13.2. The highest BCUT2D eigenvalue weighted by atomic mass is 127. The molecule has 0 bridgehead atoms. The van der Waals surface area contributed by atoms with E-state index in [0.717, 1.165) is 29.3 Å². The predicted octanol–water partition coefficient (Wildman–Crippen LogP) is 2.96. The molecule has 104 valence electrons. The molecule has 0 aliphatic heterocycles. The van der Waals surface area contributed by atoms with E-state index in [4.69, 9.17) is 0 Å². The van der Waals surface area contributed by atoms with Gasteiger partial charge in [0.25, 0.3) is 5.91 Å². The monoisotopic (exact) mass is 373 g/mol. The van der Waals surface area contributed by atoms with Gasteiger partial charge < -0.3 is 10.4 Å². The summed E-state index contributed by atoms with van der Waals surface area (Å²) < 4.78 is 1.06. The van der Waals surface area contributed by atoms with Crippen LogP contribution in [0.3, 0.4) is 0 Å². The second kappa shape index (κ2) is 6.70. The third-order valence-electron chi connectivity index (χ3n) is 3.96. The van der Waals surface area contributed by atoms with Crippen molar-refractivity contribution in [3.05, 3.63) is 33.4 Å². The van der Waals surface area contributed by atoms with E-state index in [0.29, 0.717) is 12.1 Å². The molecule has 19 heavy (non-hydrogen) atoms. The van der Waals surface area contributed by atoms with Crippen molar-refractivity contribution in [2.75, 3.05) is 13.2 Å². The topological polar surface area (TPSA) is 49.3 Å². The zero-order valence-electron chi connectivity index (χ0n) is 11.0. The number of nitrogens with one attached hydrogen (secondary N) is 1. The molecular formula is C15H20INO2. The predicted molar refractivity (Wildman–Crippen MR) is 84.1 cm³/mol. The summed E-state index contributed by atoms with van der Waals surface area (Å²) in [6.45, 7) is 0.743. The highest BCUT2D eigenvalue weighted by Gasteiger charge is 2.31. The van der Waals surface area contributed by atoms with Crippen molar-refractivity contribution in [1.82, 2.24) is 5.32 Å². The van der Waals surface area contributed by atoms with E-state index >= 15 is 0 Å². The van der Waals surface area contributed by atoms with Gasteiger partial charge in [-0.2, -0.15) is 0 Å². The normalized spacial score (nSPS) is 18.0. The van der Waals surface area contributed by atoms with Crippen LogP contribution in [0.4, 0.5) is 0 Å². The number of hydrogen-bond donors (Lipinski definition) is 2. The maximum atomic E-state index is 12.1. The second-order valence-corrected chi connectivity index (χ2v) is 6.66. The molecule has 0 unspecified atom stereocenters. The van der Waals surface area contributed by atoms with Gasteiger partial charge in [0.15, 0.2) is 0 Å². The second-order valence-electron chi connectivity index (χ2n) is 5.41. The largest absolute Gasteiger partial charge is 0.396 e. The molecule has 0 atom stereocenters. The molecule has 1 saturated carbocycles. The van der Waals surface area contributed by atoms with Gasteiger partial charge in [0, 0.05) is 21.1 Å². The SMILES string of the molecule is O=C(NCC1(CO)CCCCC1)c1cccc(I)c1. The Labute approximate surface area is 127 Å². The van der Waals surface area contributed by atoms with E-state index in [9.17, 15) is 9.90 Å². The van der Waals surface area contributed by atoms with Crippen LogP contribution in [-0.2, 0) is 0 Å². The van der Waals surface area contributed by atoms with Crippen molar-refractivity contribution in [3.8, 4) is 0 Å². The van der Waals surface area contributed by atoms with E-state index in [1.807, 2.05) is 24.3 Å². The molecule has 4 heteroatoms. The number of amides is 1. The number of carbonyl (C=O) groups is 1. The van der Waals surface area contributed by atoms with Crippen molar-refractivity contribution < 1.29 is 9.90 Å². The first-order valence-electron chi connectivity index (χ1n) is 6.80. The molecule has 2 N–H and O–H groups in total. The maximum absolute atomic E-state index is 12.1. The minimum absolute atomic E-state index is 0.0445. The van der Waals surface area contributed by atoms with E-state index in [-0.39, 0.29) is 17.9 Å². The van der Waals surface area contributed by atoms with E-state index in [1.165, 1.54) is 6.42 Å². The number of halogens is 1. The van der Waals surface area contributed by atoms with Gasteiger partial charge in [0.05, 0.1) is 6.61 Å². The minimum Gasteiger partial charge on any atom is -0.396 e. The molecule has 1 aromatic rings. The lowest BCUT2D eigenvalue weighted by Crippen LogP contribution is -2.41. The smallest absolute Gasteiger partial charge is 0.251 e. The molecular weight excluding hydrogens is 353 g/mol. The molecule has 1 aliphatic rings. The van der Waals surface area contributed by atoms with Crippen LogP contribution < -0.4 is 5.32 Å². The fraction of sp³-hybridized carbons (Fsp3) is 0.533. The quantitative estimate of drug-likeness (QED) is 0.798. The van der Waals surface area contributed by atoms with Gasteiger partial charge in [-0.05, 0) is 53.6 Å². The van der Waals surface area contributed by atoms with Gasteiger partial charge >= 0.3 is 0 Å². The summed E-state index contributed by atoms with van der Waals surface area (Å²) in [4.78, 5) is 12.1. The molecule has 3 nitrogen and oxygen atoms in total. The fourth-order valence-electron chi connectivity index (χ4n) is 2.69. The Hall–Kier alpha value is -0.620. The van der Waals surface area contributed by atoms with Crippen LogP contribution in [-0.4, -0.2) is 24.2 Å². The van der Waals surface area contributed by atoms with Crippen molar-refractivity contribution in [2.24, 2.45) is 5.41 Å². The van der Waals surface area contributed by atoms with Gasteiger partial charge in [-0.3, -0.25) is 4.79 Å². The highest BCUT2D eigenvalue weighted by molar-refractivity contribution is 14.1. The van der Waals surface area contributed by atoms with Crippen LogP contribution in [0, 0.1) is 8.99 Å². The molecule has 0 spiro atoms. The van der Waals surface area contributed by atoms with E-state index in [1.54, 1.807) is 0 Å². The summed E-state index contributed by atoms with van der Waals surface area (Å²) in [5, 5.41) is 12.6. The molecule has 1 aliphatic carbocycles. The highest BCUT2D eigenvalue weighted by Crippen LogP contribution is 2.35. The third-order valence-corrected chi connectivity index (χ3v) is 4.63. The Balaban J connectivity index is 1.95. The van der Waals surface area contributed by atoms with E-state index < -0.39 is 0 Å². The summed E-state index contributed by atoms with van der Waals surface area (Å²) in [5.74, 6) is -0.0445. The number of carbonyl (C=O) groups excluding carboxylic acids is 1. The first kappa shape index (κ1) is 14.8. The average Bonchev–Trinajstić information content (AvgIpc) is 2.46. The first-order valence-corrected chi connectivity index (χ1v) is 7.88. The van der Waals surface area contributed by atoms with Crippen LogP contribution in [0.25, 0.3) is 0 Å². The fourth-order valence-corrected chi connectivity index (χ4v) is 3.24. The van der Waals surface area contributed by atoms with E-state index in [2.05, 4.69) is 27.9 Å². The van der Waals surface area contributed by atoms with Gasteiger partial charge in [-0.25, -0.2) is 0 Å². The van der Waals surface area contributed by atoms with Crippen LogP contribution in [0.5, 0.6) is 0 Å². The summed E-state index contributed by atoms with van der Waals surface area (Å²) in [6.07, 6.45) is 5.57. The first-order chi connectivity index (χ1) is 9.15. The maximum Gasteiger partial charge on any atom is 0.251 e. The summed E-state index contributed by atoms with van der Waals surface area (Å²) in [5.41, 5.74) is 0.589. The Morgan fingerprint density at radius 2 is 2.05 bits per heavy atom. The number of benzene rings is 1. The van der Waals surface area contributed by atoms with Crippen LogP contribution >= 0.6 is 22.6 Å². The summed E-state index contributed by atoms with van der Waals surface area (Å²) in [6, 6.07) is 7.55. The Morgan fingerprint density at radius 3 is 2.68 bits per heavy atom. The number of hydrogen-bond acceptors (Lipinski definition) is 2. The van der Waals surface area contributed by atoms with Crippen molar-refractivity contribution >= 4 is 28.5 Å². The molecule has 1 aromatic carbocycles. The minimum atomic E-state index is -0.101. The lowest BCUT2D eigenvalue weighted by molar-refractivity contribution is 0.0718. The van der Waals surface area contributed by atoms with Gasteiger partial charge in [0.1, 0.15) is 0 Å². The molecule has 0 heterocycles. The lowest BCUT2D eigenvalue weighted by Gasteiger charge is -2.35. The summed E-state index contributed by atoms with van der Waals surface area (Å²) >= 11 is 2.20. The van der Waals surface area contributed by atoms with Crippen LogP contribution in [0.15, 0.2) is 24.3 Å². The molecule has 1 amide bonds. The zero-order chi connectivity index (χ0) is 13.7. The van der Waals surface area contributed by atoms with Crippen molar-refractivity contribution in [3.63, 3.8) is 0 Å². The van der Waals surface area contributed by atoms with Crippen LogP contribution in [0.1, 0.15) is 42.5 Å². The summed E-state index contributed by atoms with van der Waals surface area (Å²) in [7, 11) is 0. The van der Waals surface area contributed by atoms with Crippen molar-refractivity contribution in [2.45, 2.75) is 32.1 Å². The Morgan fingerprint density at radius 1 is 1.32 bits per heavy atom. The molecule has 2 rings (SSSR count). The van der Waals surface area contributed by atoms with Crippen molar-refractivity contribution in [1.29, 1.82) is 0 Å². The average molecular weight is 373 g/mol.